The lowest BCUT2D eigenvalue weighted by Crippen LogP contribution is -2.30. The highest BCUT2D eigenvalue weighted by molar-refractivity contribution is 5.71. The van der Waals surface area contributed by atoms with Gasteiger partial charge in [0.1, 0.15) is 13.2 Å². The molecule has 0 radical (unpaired) electrons. The summed E-state index contributed by atoms with van der Waals surface area (Å²) in [6, 6.07) is 0. The second-order valence-electron chi connectivity index (χ2n) is 19.7. The van der Waals surface area contributed by atoms with Crippen molar-refractivity contribution in [3.63, 3.8) is 0 Å². The summed E-state index contributed by atoms with van der Waals surface area (Å²) in [5.41, 5.74) is 0. The Morgan fingerprint density at radius 3 is 0.790 bits per heavy atom. The van der Waals surface area contributed by atoms with Gasteiger partial charge in [0.25, 0.3) is 0 Å². The van der Waals surface area contributed by atoms with Gasteiger partial charge in [0.15, 0.2) is 6.10 Å². The molecule has 0 aliphatic rings. The molecule has 0 heterocycles. The van der Waals surface area contributed by atoms with Crippen molar-refractivity contribution in [1.29, 1.82) is 0 Å². The van der Waals surface area contributed by atoms with Crippen LogP contribution in [-0.2, 0) is 28.6 Å². The number of hydrogen-bond donors (Lipinski definition) is 0. The van der Waals surface area contributed by atoms with Gasteiger partial charge in [0.2, 0.25) is 0 Å². The quantitative estimate of drug-likeness (QED) is 0.0344. The molecule has 6 heteroatoms. The van der Waals surface area contributed by atoms with Gasteiger partial charge >= 0.3 is 17.9 Å². The van der Waals surface area contributed by atoms with Gasteiger partial charge in [-0.2, -0.15) is 0 Å². The Hall–Kier alpha value is -1.59. The molecule has 62 heavy (non-hydrogen) atoms. The second kappa shape index (κ2) is 50.4. The van der Waals surface area contributed by atoms with Crippen LogP contribution in [0.15, 0.2) is 0 Å². The molecular formula is C56H108O6. The van der Waals surface area contributed by atoms with Crippen molar-refractivity contribution in [2.45, 2.75) is 323 Å². The number of carbonyl (C=O) groups is 3. The molecule has 0 aromatic rings. The predicted molar refractivity (Wildman–Crippen MR) is 266 cm³/mol. The number of rotatable bonds is 51. The zero-order valence-corrected chi connectivity index (χ0v) is 42.3. The normalized spacial score (nSPS) is 12.0. The van der Waals surface area contributed by atoms with Gasteiger partial charge in [-0.25, -0.2) is 0 Å². The summed E-state index contributed by atoms with van der Waals surface area (Å²) in [7, 11) is 0. The monoisotopic (exact) mass is 877 g/mol. The molecule has 0 saturated carbocycles. The van der Waals surface area contributed by atoms with Crippen molar-refractivity contribution in [2.24, 2.45) is 5.92 Å². The van der Waals surface area contributed by atoms with Crippen LogP contribution in [-0.4, -0.2) is 37.2 Å². The Labute approximate surface area is 387 Å². The lowest BCUT2D eigenvalue weighted by Gasteiger charge is -2.18. The van der Waals surface area contributed by atoms with Crippen LogP contribution in [0.4, 0.5) is 0 Å². The fraction of sp³-hybridized carbons (Fsp3) is 0.946. The van der Waals surface area contributed by atoms with Gasteiger partial charge in [0.05, 0.1) is 0 Å². The molecule has 0 saturated heterocycles. The first kappa shape index (κ1) is 60.4. The van der Waals surface area contributed by atoms with Gasteiger partial charge in [0, 0.05) is 19.3 Å². The fourth-order valence-corrected chi connectivity index (χ4v) is 8.57. The maximum absolute atomic E-state index is 12.8. The van der Waals surface area contributed by atoms with E-state index in [0.717, 1.165) is 63.7 Å². The Kier molecular flexibility index (Phi) is 49.1. The van der Waals surface area contributed by atoms with Crippen LogP contribution in [0, 0.1) is 5.92 Å². The molecule has 0 fully saturated rings. The average molecular weight is 877 g/mol. The second-order valence-corrected chi connectivity index (χ2v) is 19.7. The molecule has 0 spiro atoms. The number of unbranched alkanes of at least 4 members (excludes halogenated alkanes) is 38. The van der Waals surface area contributed by atoms with Crippen molar-refractivity contribution >= 4 is 17.9 Å². The first-order valence-electron chi connectivity index (χ1n) is 27.9. The Bertz CT molecular complexity index is 933. The van der Waals surface area contributed by atoms with Gasteiger partial charge in [-0.05, 0) is 25.2 Å². The molecule has 6 nitrogen and oxygen atoms in total. The van der Waals surface area contributed by atoms with Crippen LogP contribution in [0.25, 0.3) is 0 Å². The molecular weight excluding hydrogens is 769 g/mol. The van der Waals surface area contributed by atoms with Crippen LogP contribution >= 0.6 is 0 Å². The van der Waals surface area contributed by atoms with Crippen LogP contribution in [0.5, 0.6) is 0 Å². The van der Waals surface area contributed by atoms with E-state index in [9.17, 15) is 14.4 Å². The summed E-state index contributed by atoms with van der Waals surface area (Å²) in [4.78, 5) is 38.0. The molecule has 0 aromatic heterocycles. The Morgan fingerprint density at radius 2 is 0.532 bits per heavy atom. The molecule has 0 aliphatic carbocycles. The van der Waals surface area contributed by atoms with Crippen LogP contribution < -0.4 is 0 Å². The summed E-state index contributed by atoms with van der Waals surface area (Å²) in [5, 5.41) is 0. The highest BCUT2D eigenvalue weighted by Crippen LogP contribution is 2.18. The van der Waals surface area contributed by atoms with E-state index in [4.69, 9.17) is 14.2 Å². The zero-order valence-electron chi connectivity index (χ0n) is 42.3. The lowest BCUT2D eigenvalue weighted by molar-refractivity contribution is -0.167. The minimum atomic E-state index is -0.761. The van der Waals surface area contributed by atoms with Gasteiger partial charge in [-0.15, -0.1) is 0 Å². The summed E-state index contributed by atoms with van der Waals surface area (Å²) in [6.45, 7) is 9.01. The standard InChI is InChI=1S/C56H108O6/c1-5-7-9-11-13-15-17-19-21-22-23-24-25-27-29-31-37-41-45-49-56(59)62-53(51-61-55(58)48-44-40-36-33-32-34-38-42-46-52(3)4)50-60-54(57)47-43-39-35-30-28-26-20-18-16-14-12-10-8-6-2/h52-53H,5-51H2,1-4H3/t53-/m0/s1. The smallest absolute Gasteiger partial charge is 0.306 e. The molecule has 0 aromatic carbocycles. The lowest BCUT2D eigenvalue weighted by atomic mass is 10.0. The summed E-state index contributed by atoms with van der Waals surface area (Å²) in [6.07, 6.45) is 53.8. The third-order valence-electron chi connectivity index (χ3n) is 12.8. The van der Waals surface area contributed by atoms with Crippen molar-refractivity contribution < 1.29 is 28.6 Å². The summed E-state index contributed by atoms with van der Waals surface area (Å²) in [5.74, 6) is -0.0449. The van der Waals surface area contributed by atoms with Crippen LogP contribution in [0.1, 0.15) is 317 Å². The zero-order chi connectivity index (χ0) is 45.2. The molecule has 0 aliphatic heterocycles. The van der Waals surface area contributed by atoms with E-state index in [-0.39, 0.29) is 31.1 Å². The van der Waals surface area contributed by atoms with Crippen molar-refractivity contribution in [3.05, 3.63) is 0 Å². The van der Waals surface area contributed by atoms with Crippen molar-refractivity contribution in [1.82, 2.24) is 0 Å². The molecule has 0 N–H and O–H groups in total. The molecule has 1 atom stereocenters. The third-order valence-corrected chi connectivity index (χ3v) is 12.8. The minimum absolute atomic E-state index is 0.0627. The molecule has 368 valence electrons. The van der Waals surface area contributed by atoms with Crippen molar-refractivity contribution in [3.8, 4) is 0 Å². The highest BCUT2D eigenvalue weighted by atomic mass is 16.6. The van der Waals surface area contributed by atoms with E-state index in [1.165, 1.54) is 212 Å². The van der Waals surface area contributed by atoms with Crippen LogP contribution in [0.2, 0.25) is 0 Å². The topological polar surface area (TPSA) is 78.9 Å². The van der Waals surface area contributed by atoms with E-state index < -0.39 is 6.10 Å². The van der Waals surface area contributed by atoms with E-state index in [1.807, 2.05) is 0 Å². The molecule has 0 unspecified atom stereocenters. The molecule has 0 bridgehead atoms. The van der Waals surface area contributed by atoms with Gasteiger partial charge < -0.3 is 14.2 Å². The summed E-state index contributed by atoms with van der Waals surface area (Å²) >= 11 is 0. The SMILES string of the molecule is CCCCCCCCCCCCCCCCCCCCCC(=O)O[C@@H](COC(=O)CCCCCCCCCCCCCCCC)COC(=O)CCCCCCCCCCC(C)C. The fourth-order valence-electron chi connectivity index (χ4n) is 8.57. The van der Waals surface area contributed by atoms with Crippen LogP contribution in [0.3, 0.4) is 0 Å². The van der Waals surface area contributed by atoms with Gasteiger partial charge in [-0.1, -0.05) is 278 Å². The van der Waals surface area contributed by atoms with E-state index in [1.54, 1.807) is 0 Å². The number of hydrogen-bond acceptors (Lipinski definition) is 6. The van der Waals surface area contributed by atoms with E-state index in [0.29, 0.717) is 19.3 Å². The summed E-state index contributed by atoms with van der Waals surface area (Å²) < 4.78 is 16.8. The Balaban J connectivity index is 4.26. The van der Waals surface area contributed by atoms with Crippen molar-refractivity contribution in [2.75, 3.05) is 13.2 Å². The largest absolute Gasteiger partial charge is 0.462 e. The van der Waals surface area contributed by atoms with Gasteiger partial charge in [-0.3, -0.25) is 14.4 Å². The minimum Gasteiger partial charge on any atom is -0.462 e. The average Bonchev–Trinajstić information content (AvgIpc) is 3.26. The first-order valence-corrected chi connectivity index (χ1v) is 27.9. The predicted octanol–water partition coefficient (Wildman–Crippen LogP) is 18.2. The number of esters is 3. The van der Waals surface area contributed by atoms with E-state index in [2.05, 4.69) is 27.7 Å². The van der Waals surface area contributed by atoms with E-state index >= 15 is 0 Å². The third kappa shape index (κ3) is 49.4. The Morgan fingerprint density at radius 1 is 0.306 bits per heavy atom. The number of carbonyl (C=O) groups excluding carboxylic acids is 3. The molecule has 0 rings (SSSR count). The maximum atomic E-state index is 12.8. The maximum Gasteiger partial charge on any atom is 0.306 e. The first-order chi connectivity index (χ1) is 30.4. The number of ether oxygens (including phenoxy) is 3. The molecule has 0 amide bonds. The highest BCUT2D eigenvalue weighted by Gasteiger charge is 2.19.